The molecule has 0 spiro atoms. The van der Waals surface area contributed by atoms with Crippen molar-refractivity contribution >= 4 is 30.6 Å². The van der Waals surface area contributed by atoms with Gasteiger partial charge in [-0.3, -0.25) is 0 Å². The fourth-order valence-electron chi connectivity index (χ4n) is 7.93. The van der Waals surface area contributed by atoms with E-state index in [-0.39, 0.29) is 0 Å². The normalized spacial score (nSPS) is 13.6. The van der Waals surface area contributed by atoms with Gasteiger partial charge >= 0.3 is 0 Å². The average Bonchev–Trinajstić information content (AvgIpc) is 3.72. The first-order chi connectivity index (χ1) is 22.1. The van der Waals surface area contributed by atoms with Crippen LogP contribution in [0.4, 0.5) is 0 Å². The van der Waals surface area contributed by atoms with Crippen LogP contribution in [-0.4, -0.2) is 8.07 Å². The summed E-state index contributed by atoms with van der Waals surface area (Å²) in [4.78, 5) is 0. The summed E-state index contributed by atoms with van der Waals surface area (Å²) in [7, 11) is -2.63. The number of hydrogen-bond acceptors (Lipinski definition) is 0. The summed E-state index contributed by atoms with van der Waals surface area (Å²) in [5.41, 5.74) is 13.6. The van der Waals surface area contributed by atoms with E-state index in [9.17, 15) is 0 Å². The summed E-state index contributed by atoms with van der Waals surface area (Å²) >= 11 is 0. The Morgan fingerprint density at radius 2 is 0.756 bits per heavy atom. The lowest BCUT2D eigenvalue weighted by atomic mass is 9.94. The molecule has 2 aliphatic rings. The molecule has 0 saturated heterocycles. The average molecular weight is 593 g/mol. The molecule has 1 heteroatoms. The molecule has 0 aliphatic heterocycles. The summed E-state index contributed by atoms with van der Waals surface area (Å²) < 4.78 is 0. The third kappa shape index (κ3) is 4.50. The van der Waals surface area contributed by atoms with Crippen LogP contribution in [0.3, 0.4) is 0 Å². The van der Waals surface area contributed by atoms with Crippen LogP contribution in [0.15, 0.2) is 156 Å². The Balaban J connectivity index is 1.39. The van der Waals surface area contributed by atoms with Crippen molar-refractivity contribution in [1.82, 2.24) is 0 Å². The molecule has 0 amide bonds. The number of allylic oxidation sites excluding steroid dienone is 2. The quantitative estimate of drug-likeness (QED) is 0.169. The second kappa shape index (κ2) is 11.2. The first-order valence-electron chi connectivity index (χ1n) is 16.0. The third-order valence-corrected chi connectivity index (χ3v) is 15.0. The molecule has 0 nitrogen and oxygen atoms in total. The van der Waals surface area contributed by atoms with Crippen molar-refractivity contribution in [3.05, 3.63) is 189 Å². The molecule has 6 aromatic carbocycles. The van der Waals surface area contributed by atoms with E-state index in [1.807, 2.05) is 0 Å². The maximum Gasteiger partial charge on any atom is 0.172 e. The molecule has 216 valence electrons. The van der Waals surface area contributed by atoms with Gasteiger partial charge in [-0.1, -0.05) is 168 Å². The molecule has 0 heterocycles. The fourth-order valence-corrected chi connectivity index (χ4v) is 13.2. The summed E-state index contributed by atoms with van der Waals surface area (Å²) in [6.45, 7) is 4.46. The highest BCUT2D eigenvalue weighted by atomic mass is 28.3. The maximum atomic E-state index is 2.59. The first-order valence-corrected chi connectivity index (χ1v) is 18.0. The number of benzene rings is 6. The van der Waals surface area contributed by atoms with Gasteiger partial charge < -0.3 is 0 Å². The standard InChI is InChI=1S/C44H36Si/c1-31-15-9-11-23-39(31)41-25-13-17-33-27-37(29-43(33)41)45(35-19-5-3-6-20-35,36-21-7-4-8-22-36)38-28-34-18-14-26-42(44(34)30-38)40-24-12-10-16-32(40)2/h3-26,29-30H,27-28H2,1-2H3. The van der Waals surface area contributed by atoms with Crippen LogP contribution in [0.2, 0.25) is 0 Å². The lowest BCUT2D eigenvalue weighted by Gasteiger charge is -2.36. The van der Waals surface area contributed by atoms with Crippen LogP contribution in [-0.2, 0) is 12.8 Å². The molecule has 2 aliphatic carbocycles. The Bertz CT molecular complexity index is 1960. The van der Waals surface area contributed by atoms with Gasteiger partial charge in [0.05, 0.1) is 0 Å². The van der Waals surface area contributed by atoms with Gasteiger partial charge in [0.1, 0.15) is 0 Å². The van der Waals surface area contributed by atoms with Crippen molar-refractivity contribution in [1.29, 1.82) is 0 Å². The van der Waals surface area contributed by atoms with Gasteiger partial charge in [-0.25, -0.2) is 0 Å². The monoisotopic (exact) mass is 592 g/mol. The number of rotatable bonds is 6. The molecule has 6 aromatic rings. The highest BCUT2D eigenvalue weighted by molar-refractivity contribution is 7.13. The van der Waals surface area contributed by atoms with E-state index in [4.69, 9.17) is 0 Å². The molecule has 0 fully saturated rings. The second-order valence-corrected chi connectivity index (χ2v) is 16.5. The summed E-state index contributed by atoms with van der Waals surface area (Å²) in [6.07, 6.45) is 7.14. The van der Waals surface area contributed by atoms with Gasteiger partial charge in [-0.05, 0) is 92.7 Å². The molecular formula is C44H36Si. The van der Waals surface area contributed by atoms with E-state index in [1.165, 1.54) is 66.0 Å². The lowest BCUT2D eigenvalue weighted by molar-refractivity contribution is 1.23. The smallest absolute Gasteiger partial charge is 0.0626 e. The Labute approximate surface area is 268 Å². The minimum atomic E-state index is -2.63. The summed E-state index contributed by atoms with van der Waals surface area (Å²) in [5, 5.41) is 6.08. The topological polar surface area (TPSA) is 0 Å². The third-order valence-electron chi connectivity index (χ3n) is 10.0. The molecular weight excluding hydrogens is 557 g/mol. The van der Waals surface area contributed by atoms with E-state index in [1.54, 1.807) is 10.4 Å². The van der Waals surface area contributed by atoms with E-state index in [2.05, 4.69) is 172 Å². The molecule has 45 heavy (non-hydrogen) atoms. The van der Waals surface area contributed by atoms with Gasteiger partial charge in [-0.2, -0.15) is 0 Å². The largest absolute Gasteiger partial charge is 0.172 e. The van der Waals surface area contributed by atoms with Crippen molar-refractivity contribution in [3.63, 3.8) is 0 Å². The molecule has 0 saturated carbocycles. The van der Waals surface area contributed by atoms with Crippen molar-refractivity contribution in [2.75, 3.05) is 0 Å². The first kappa shape index (κ1) is 27.6. The zero-order valence-electron chi connectivity index (χ0n) is 25.9. The minimum Gasteiger partial charge on any atom is -0.0626 e. The van der Waals surface area contributed by atoms with Crippen LogP contribution in [0.25, 0.3) is 34.4 Å². The zero-order chi connectivity index (χ0) is 30.4. The second-order valence-electron chi connectivity index (χ2n) is 12.6. The highest BCUT2D eigenvalue weighted by Gasteiger charge is 2.47. The molecule has 0 N–H and O–H groups in total. The number of fused-ring (bicyclic) bond motifs is 2. The molecule has 0 aromatic heterocycles. The molecule has 0 radical (unpaired) electrons. The van der Waals surface area contributed by atoms with Crippen LogP contribution in [0.5, 0.6) is 0 Å². The van der Waals surface area contributed by atoms with Crippen molar-refractivity contribution in [2.45, 2.75) is 26.7 Å². The molecule has 8 rings (SSSR count). The fraction of sp³-hybridized carbons (Fsp3) is 0.0909. The van der Waals surface area contributed by atoms with E-state index >= 15 is 0 Å². The Morgan fingerprint density at radius 3 is 1.18 bits per heavy atom. The molecule has 0 atom stereocenters. The Morgan fingerprint density at radius 1 is 0.378 bits per heavy atom. The van der Waals surface area contributed by atoms with Crippen molar-refractivity contribution < 1.29 is 0 Å². The van der Waals surface area contributed by atoms with Gasteiger partial charge in [0.15, 0.2) is 8.07 Å². The van der Waals surface area contributed by atoms with Crippen LogP contribution in [0, 0.1) is 13.8 Å². The van der Waals surface area contributed by atoms with Gasteiger partial charge in [0.25, 0.3) is 0 Å². The molecule has 0 bridgehead atoms. The zero-order valence-corrected chi connectivity index (χ0v) is 26.9. The predicted octanol–water partition coefficient (Wildman–Crippen LogP) is 9.56. The maximum absolute atomic E-state index is 2.63. The van der Waals surface area contributed by atoms with Crippen molar-refractivity contribution in [2.24, 2.45) is 0 Å². The van der Waals surface area contributed by atoms with Crippen LogP contribution in [0.1, 0.15) is 33.4 Å². The number of hydrogen-bond donors (Lipinski definition) is 0. The molecule has 0 unspecified atom stereocenters. The summed E-state index contributed by atoms with van der Waals surface area (Å²) in [5.74, 6) is 0. The lowest BCUT2D eigenvalue weighted by Crippen LogP contribution is -2.62. The van der Waals surface area contributed by atoms with E-state index < -0.39 is 8.07 Å². The van der Waals surface area contributed by atoms with Gasteiger partial charge in [0.2, 0.25) is 0 Å². The Hall–Kier alpha value is -4.98. The van der Waals surface area contributed by atoms with Crippen LogP contribution >= 0.6 is 0 Å². The van der Waals surface area contributed by atoms with Gasteiger partial charge in [0, 0.05) is 0 Å². The van der Waals surface area contributed by atoms with E-state index in [0.717, 1.165) is 12.8 Å². The highest BCUT2D eigenvalue weighted by Crippen LogP contribution is 2.44. The number of aryl methyl sites for hydroxylation is 2. The van der Waals surface area contributed by atoms with Crippen molar-refractivity contribution in [3.8, 4) is 22.3 Å². The van der Waals surface area contributed by atoms with E-state index in [0.29, 0.717) is 0 Å². The van der Waals surface area contributed by atoms with Crippen LogP contribution < -0.4 is 10.4 Å². The predicted molar refractivity (Wildman–Crippen MR) is 194 cm³/mol. The van der Waals surface area contributed by atoms with Gasteiger partial charge in [-0.15, -0.1) is 0 Å². The summed E-state index contributed by atoms with van der Waals surface area (Å²) in [6, 6.07) is 54.3. The SMILES string of the molecule is Cc1ccccc1-c1cccc2c1C=C([Si](C1=Cc3c(cccc3-c3ccccc3C)C1)(c1ccccc1)c1ccccc1)C2. The Kier molecular flexibility index (Phi) is 6.85. The minimum absolute atomic E-state index is 0.976.